The highest BCUT2D eigenvalue weighted by Gasteiger charge is 2.17. The highest BCUT2D eigenvalue weighted by atomic mass is 35.5. The number of hydrogen-bond donors (Lipinski definition) is 1. The summed E-state index contributed by atoms with van der Waals surface area (Å²) >= 11 is 6.00. The van der Waals surface area contributed by atoms with Crippen LogP contribution in [0.15, 0.2) is 30.5 Å². The second-order valence-corrected chi connectivity index (χ2v) is 5.19. The number of nitrogens with zero attached hydrogens (tertiary/aromatic N) is 2. The summed E-state index contributed by atoms with van der Waals surface area (Å²) in [4.78, 5) is 12.3. The van der Waals surface area contributed by atoms with Crippen molar-refractivity contribution in [3.8, 4) is 0 Å². The van der Waals surface area contributed by atoms with E-state index in [2.05, 4.69) is 10.4 Å². The van der Waals surface area contributed by atoms with E-state index in [9.17, 15) is 4.79 Å². The first-order valence-electron chi connectivity index (χ1n) is 6.57. The number of aryl methyl sites for hydroxylation is 1. The number of rotatable bonds is 4. The summed E-state index contributed by atoms with van der Waals surface area (Å²) in [5.41, 5.74) is 2.46. The van der Waals surface area contributed by atoms with Gasteiger partial charge in [-0.2, -0.15) is 5.10 Å². The molecule has 0 spiro atoms. The zero-order valence-corrected chi connectivity index (χ0v) is 12.6. The molecule has 5 heteroatoms. The van der Waals surface area contributed by atoms with Gasteiger partial charge in [-0.1, -0.05) is 30.7 Å². The molecule has 0 aliphatic heterocycles. The van der Waals surface area contributed by atoms with Gasteiger partial charge in [0, 0.05) is 17.8 Å². The number of carbonyl (C=O) groups is 1. The Hall–Kier alpha value is -1.81. The van der Waals surface area contributed by atoms with Gasteiger partial charge in [0.05, 0.1) is 17.8 Å². The maximum absolute atomic E-state index is 12.3. The second kappa shape index (κ2) is 6.09. The number of carbonyl (C=O) groups excluding carboxylic acids is 1. The summed E-state index contributed by atoms with van der Waals surface area (Å²) in [6, 6.07) is 7.51. The van der Waals surface area contributed by atoms with Gasteiger partial charge in [-0.05, 0) is 31.0 Å². The Kier molecular flexibility index (Phi) is 4.45. The molecule has 1 N–H and O–H groups in total. The summed E-state index contributed by atoms with van der Waals surface area (Å²) in [6.45, 7) is 3.91. The van der Waals surface area contributed by atoms with Gasteiger partial charge in [0.1, 0.15) is 0 Å². The first-order valence-corrected chi connectivity index (χ1v) is 6.95. The number of benzene rings is 1. The Labute approximate surface area is 123 Å². The predicted octanol–water partition coefficient (Wildman–Crippen LogP) is 3.26. The van der Waals surface area contributed by atoms with Crippen molar-refractivity contribution in [2.24, 2.45) is 7.05 Å². The van der Waals surface area contributed by atoms with Crippen LogP contribution in [0.2, 0.25) is 5.02 Å². The third kappa shape index (κ3) is 3.02. The Balaban J connectivity index is 2.18. The van der Waals surface area contributed by atoms with Crippen LogP contribution in [-0.4, -0.2) is 15.7 Å². The van der Waals surface area contributed by atoms with Crippen molar-refractivity contribution in [2.75, 3.05) is 0 Å². The van der Waals surface area contributed by atoms with E-state index in [1.165, 1.54) is 0 Å². The molecular formula is C15H18ClN3O. The number of hydrogen-bond acceptors (Lipinski definition) is 2. The number of halogens is 1. The molecule has 1 amide bonds. The monoisotopic (exact) mass is 291 g/mol. The standard InChI is InChI=1S/C15H18ClN3O/c1-4-14(11-6-5-7-12(16)8-11)18-15(20)13-9-17-19(3)10(13)2/h5-9,14H,4H2,1-3H3,(H,18,20). The third-order valence-corrected chi connectivity index (χ3v) is 3.68. The molecule has 106 valence electrons. The van der Waals surface area contributed by atoms with Crippen LogP contribution in [0.5, 0.6) is 0 Å². The molecule has 1 aromatic carbocycles. The van der Waals surface area contributed by atoms with E-state index in [0.29, 0.717) is 10.6 Å². The Morgan fingerprint density at radius 1 is 1.50 bits per heavy atom. The zero-order chi connectivity index (χ0) is 14.7. The lowest BCUT2D eigenvalue weighted by Gasteiger charge is -2.17. The fourth-order valence-electron chi connectivity index (χ4n) is 2.10. The molecule has 20 heavy (non-hydrogen) atoms. The van der Waals surface area contributed by atoms with Crippen molar-refractivity contribution < 1.29 is 4.79 Å². The second-order valence-electron chi connectivity index (χ2n) is 4.76. The van der Waals surface area contributed by atoms with Crippen LogP contribution >= 0.6 is 11.6 Å². The van der Waals surface area contributed by atoms with Gasteiger partial charge in [0.25, 0.3) is 5.91 Å². The summed E-state index contributed by atoms with van der Waals surface area (Å²) in [6.07, 6.45) is 2.39. The highest BCUT2D eigenvalue weighted by Crippen LogP contribution is 2.21. The molecule has 1 atom stereocenters. The number of amides is 1. The fourth-order valence-corrected chi connectivity index (χ4v) is 2.30. The summed E-state index contributed by atoms with van der Waals surface area (Å²) < 4.78 is 1.69. The van der Waals surface area contributed by atoms with Crippen LogP contribution in [-0.2, 0) is 7.05 Å². The first kappa shape index (κ1) is 14.6. The summed E-state index contributed by atoms with van der Waals surface area (Å²) in [7, 11) is 1.82. The summed E-state index contributed by atoms with van der Waals surface area (Å²) in [5, 5.41) is 7.80. The maximum atomic E-state index is 12.3. The van der Waals surface area contributed by atoms with Gasteiger partial charge in [-0.3, -0.25) is 9.48 Å². The van der Waals surface area contributed by atoms with Gasteiger partial charge >= 0.3 is 0 Å². The maximum Gasteiger partial charge on any atom is 0.255 e. The van der Waals surface area contributed by atoms with E-state index in [0.717, 1.165) is 17.7 Å². The van der Waals surface area contributed by atoms with Gasteiger partial charge < -0.3 is 5.32 Å². The fraction of sp³-hybridized carbons (Fsp3) is 0.333. The van der Waals surface area contributed by atoms with E-state index in [1.54, 1.807) is 10.9 Å². The predicted molar refractivity (Wildman–Crippen MR) is 79.9 cm³/mol. The van der Waals surface area contributed by atoms with E-state index < -0.39 is 0 Å². The lowest BCUT2D eigenvalue weighted by Crippen LogP contribution is -2.28. The van der Waals surface area contributed by atoms with Crippen molar-refractivity contribution in [3.05, 3.63) is 52.3 Å². The Morgan fingerprint density at radius 3 is 2.80 bits per heavy atom. The first-order chi connectivity index (χ1) is 9.52. The lowest BCUT2D eigenvalue weighted by molar-refractivity contribution is 0.0935. The lowest BCUT2D eigenvalue weighted by atomic mass is 10.0. The van der Waals surface area contributed by atoms with E-state index in [4.69, 9.17) is 11.6 Å². The summed E-state index contributed by atoms with van der Waals surface area (Å²) in [5.74, 6) is -0.109. The Morgan fingerprint density at radius 2 is 2.25 bits per heavy atom. The minimum Gasteiger partial charge on any atom is -0.345 e. The van der Waals surface area contributed by atoms with Crippen molar-refractivity contribution >= 4 is 17.5 Å². The molecule has 1 aromatic heterocycles. The molecule has 1 heterocycles. The molecule has 0 radical (unpaired) electrons. The van der Waals surface area contributed by atoms with E-state index in [-0.39, 0.29) is 11.9 Å². The van der Waals surface area contributed by atoms with E-state index >= 15 is 0 Å². The van der Waals surface area contributed by atoms with Crippen LogP contribution in [0.4, 0.5) is 0 Å². The quantitative estimate of drug-likeness (QED) is 0.940. The topological polar surface area (TPSA) is 46.9 Å². The third-order valence-electron chi connectivity index (χ3n) is 3.44. The van der Waals surface area contributed by atoms with Crippen molar-refractivity contribution in [2.45, 2.75) is 26.3 Å². The number of aromatic nitrogens is 2. The van der Waals surface area contributed by atoms with Crippen molar-refractivity contribution in [1.29, 1.82) is 0 Å². The van der Waals surface area contributed by atoms with Crippen LogP contribution < -0.4 is 5.32 Å². The Bertz CT molecular complexity index is 621. The minimum absolute atomic E-state index is 0.0548. The molecule has 0 fully saturated rings. The van der Waals surface area contributed by atoms with Gasteiger partial charge in [-0.25, -0.2) is 0 Å². The molecule has 4 nitrogen and oxygen atoms in total. The van der Waals surface area contributed by atoms with Gasteiger partial charge in [-0.15, -0.1) is 0 Å². The zero-order valence-electron chi connectivity index (χ0n) is 11.9. The van der Waals surface area contributed by atoms with Crippen LogP contribution in [0.1, 0.15) is 41.0 Å². The van der Waals surface area contributed by atoms with Crippen molar-refractivity contribution in [3.63, 3.8) is 0 Å². The SMILES string of the molecule is CCC(NC(=O)c1cnn(C)c1C)c1cccc(Cl)c1. The average Bonchev–Trinajstić information content (AvgIpc) is 2.76. The molecule has 0 saturated carbocycles. The highest BCUT2D eigenvalue weighted by molar-refractivity contribution is 6.30. The molecular weight excluding hydrogens is 274 g/mol. The minimum atomic E-state index is -0.109. The number of nitrogens with one attached hydrogen (secondary N) is 1. The molecule has 1 unspecified atom stereocenters. The molecule has 0 aliphatic rings. The molecule has 2 aromatic rings. The van der Waals surface area contributed by atoms with Crippen LogP contribution in [0.25, 0.3) is 0 Å². The van der Waals surface area contributed by atoms with Crippen LogP contribution in [0.3, 0.4) is 0 Å². The molecule has 0 bridgehead atoms. The molecule has 0 aliphatic carbocycles. The largest absolute Gasteiger partial charge is 0.345 e. The average molecular weight is 292 g/mol. The van der Waals surface area contributed by atoms with E-state index in [1.807, 2.05) is 45.2 Å². The van der Waals surface area contributed by atoms with Crippen LogP contribution in [0, 0.1) is 6.92 Å². The molecule has 2 rings (SSSR count). The van der Waals surface area contributed by atoms with Crippen molar-refractivity contribution in [1.82, 2.24) is 15.1 Å². The van der Waals surface area contributed by atoms with Gasteiger partial charge in [0.15, 0.2) is 0 Å². The smallest absolute Gasteiger partial charge is 0.255 e. The molecule has 0 saturated heterocycles. The van der Waals surface area contributed by atoms with Gasteiger partial charge in [0.2, 0.25) is 0 Å². The normalized spacial score (nSPS) is 12.2.